The van der Waals surface area contributed by atoms with Crippen LogP contribution in [0.4, 0.5) is 0 Å². The Morgan fingerprint density at radius 1 is 0.531 bits per heavy atom. The van der Waals surface area contributed by atoms with E-state index in [4.69, 9.17) is 0 Å². The Kier molecular flexibility index (Phi) is 3.94. The minimum Gasteiger partial charge on any atom is -0.136 e. The van der Waals surface area contributed by atoms with E-state index in [1.165, 1.54) is 73.8 Å². The molecule has 0 amide bonds. The SMILES string of the molecule is CC1=CC=C(c2cc3cc4ccc5cc6cc(C7=CC=C(C)C7)sc6cc5c4cc3s2)C1. The first-order valence-corrected chi connectivity index (χ1v) is 12.8. The highest BCUT2D eigenvalue weighted by molar-refractivity contribution is 7.20. The molecule has 0 spiro atoms. The van der Waals surface area contributed by atoms with Crippen LogP contribution < -0.4 is 0 Å². The molecule has 5 aromatic rings. The Bertz CT molecular complexity index is 1600. The highest BCUT2D eigenvalue weighted by Crippen LogP contribution is 2.41. The average molecular weight is 447 g/mol. The van der Waals surface area contributed by atoms with Gasteiger partial charge < -0.3 is 0 Å². The molecular formula is C30H22S2. The van der Waals surface area contributed by atoms with Crippen molar-refractivity contribution in [1.82, 2.24) is 0 Å². The molecular weight excluding hydrogens is 424 g/mol. The van der Waals surface area contributed by atoms with Crippen LogP contribution in [-0.2, 0) is 0 Å². The van der Waals surface area contributed by atoms with Crippen LogP contribution >= 0.6 is 22.7 Å². The topological polar surface area (TPSA) is 0 Å². The third-order valence-corrected chi connectivity index (χ3v) is 9.17. The van der Waals surface area contributed by atoms with Crippen LogP contribution in [0.15, 0.2) is 84.0 Å². The summed E-state index contributed by atoms with van der Waals surface area (Å²) in [7, 11) is 0. The van der Waals surface area contributed by atoms with Gasteiger partial charge in [0.05, 0.1) is 0 Å². The zero-order chi connectivity index (χ0) is 21.4. The molecule has 0 nitrogen and oxygen atoms in total. The fourth-order valence-electron chi connectivity index (χ4n) is 5.11. The van der Waals surface area contributed by atoms with Gasteiger partial charge in [0.2, 0.25) is 0 Å². The standard InChI is InChI=1S/C30H22S2/c1-17-3-5-21(9-17)27-13-23-11-19-7-8-20-12-24-14-28(22-6-4-18(2)10-22)32-30(24)16-26(20)25(19)15-29(23)31-27/h3-8,11-16H,9-10H2,1-2H3. The van der Waals surface area contributed by atoms with E-state index >= 15 is 0 Å². The molecule has 0 unspecified atom stereocenters. The van der Waals surface area contributed by atoms with E-state index in [1.807, 2.05) is 22.7 Å². The maximum atomic E-state index is 2.42. The van der Waals surface area contributed by atoms with E-state index in [-0.39, 0.29) is 0 Å². The second kappa shape index (κ2) is 6.78. The van der Waals surface area contributed by atoms with Crippen LogP contribution in [-0.4, -0.2) is 0 Å². The van der Waals surface area contributed by atoms with Crippen molar-refractivity contribution in [3.63, 3.8) is 0 Å². The van der Waals surface area contributed by atoms with Crippen molar-refractivity contribution in [2.24, 2.45) is 0 Å². The maximum absolute atomic E-state index is 2.42. The highest BCUT2D eigenvalue weighted by atomic mass is 32.1. The predicted octanol–water partition coefficient (Wildman–Crippen LogP) is 9.89. The summed E-state index contributed by atoms with van der Waals surface area (Å²) in [5.41, 5.74) is 5.81. The normalized spacial score (nSPS) is 16.3. The Labute approximate surface area is 195 Å². The molecule has 32 heavy (non-hydrogen) atoms. The smallest absolute Gasteiger partial charge is 0.0355 e. The molecule has 154 valence electrons. The summed E-state index contributed by atoms with van der Waals surface area (Å²) in [6.45, 7) is 4.43. The lowest BCUT2D eigenvalue weighted by Gasteiger charge is -2.05. The molecule has 0 bridgehead atoms. The maximum Gasteiger partial charge on any atom is 0.0355 e. The summed E-state index contributed by atoms with van der Waals surface area (Å²) in [4.78, 5) is 2.82. The molecule has 7 rings (SSSR count). The number of allylic oxidation sites excluding steroid dienone is 8. The first kappa shape index (κ1) is 18.6. The predicted molar refractivity (Wildman–Crippen MR) is 145 cm³/mol. The largest absolute Gasteiger partial charge is 0.136 e. The van der Waals surface area contributed by atoms with E-state index in [0.29, 0.717) is 0 Å². The number of thiophene rings is 2. The van der Waals surface area contributed by atoms with Crippen molar-refractivity contribution < 1.29 is 0 Å². The lowest BCUT2D eigenvalue weighted by atomic mass is 9.99. The van der Waals surface area contributed by atoms with Crippen LogP contribution in [0.2, 0.25) is 0 Å². The van der Waals surface area contributed by atoms with Crippen LogP contribution in [0.1, 0.15) is 36.4 Å². The minimum absolute atomic E-state index is 1.08. The zero-order valence-corrected chi connectivity index (χ0v) is 19.8. The summed E-state index contributed by atoms with van der Waals surface area (Å²) in [5.74, 6) is 0. The summed E-state index contributed by atoms with van der Waals surface area (Å²) in [6, 6.07) is 18.9. The summed E-state index contributed by atoms with van der Waals surface area (Å²) >= 11 is 3.86. The molecule has 0 N–H and O–H groups in total. The van der Waals surface area contributed by atoms with Gasteiger partial charge in [-0.3, -0.25) is 0 Å². The van der Waals surface area contributed by atoms with Crippen LogP contribution in [0.3, 0.4) is 0 Å². The Morgan fingerprint density at radius 3 is 1.41 bits per heavy atom. The number of hydrogen-bond donors (Lipinski definition) is 0. The number of fused-ring (bicyclic) bond motifs is 5. The van der Waals surface area contributed by atoms with Crippen molar-refractivity contribution in [3.8, 4) is 0 Å². The lowest BCUT2D eigenvalue weighted by Crippen LogP contribution is -1.78. The van der Waals surface area contributed by atoms with Gasteiger partial charge >= 0.3 is 0 Å². The molecule has 0 aliphatic heterocycles. The summed E-state index contributed by atoms with van der Waals surface area (Å²) in [6.07, 6.45) is 11.2. The van der Waals surface area contributed by atoms with Gasteiger partial charge in [-0.25, -0.2) is 0 Å². The van der Waals surface area contributed by atoms with Gasteiger partial charge in [-0.2, -0.15) is 0 Å². The Morgan fingerprint density at radius 2 is 1.00 bits per heavy atom. The molecule has 2 aromatic heterocycles. The Hall–Kier alpha value is -2.94. The van der Waals surface area contributed by atoms with Gasteiger partial charge in [-0.1, -0.05) is 47.6 Å². The van der Waals surface area contributed by atoms with Gasteiger partial charge in [-0.05, 0) is 107 Å². The van der Waals surface area contributed by atoms with Gasteiger partial charge in [0.1, 0.15) is 0 Å². The fraction of sp³-hybridized carbons (Fsp3) is 0.133. The molecule has 0 atom stereocenters. The van der Waals surface area contributed by atoms with Crippen molar-refractivity contribution >= 4 is 75.5 Å². The van der Waals surface area contributed by atoms with Crippen LogP contribution in [0.5, 0.6) is 0 Å². The van der Waals surface area contributed by atoms with Gasteiger partial charge in [0.25, 0.3) is 0 Å². The Balaban J connectivity index is 1.39. The van der Waals surface area contributed by atoms with Gasteiger partial charge in [0.15, 0.2) is 0 Å². The molecule has 2 heterocycles. The van der Waals surface area contributed by atoms with E-state index < -0.39 is 0 Å². The minimum atomic E-state index is 1.08. The van der Waals surface area contributed by atoms with Crippen molar-refractivity contribution in [1.29, 1.82) is 0 Å². The van der Waals surface area contributed by atoms with E-state index in [9.17, 15) is 0 Å². The van der Waals surface area contributed by atoms with Crippen molar-refractivity contribution in [2.75, 3.05) is 0 Å². The zero-order valence-electron chi connectivity index (χ0n) is 18.2. The lowest BCUT2D eigenvalue weighted by molar-refractivity contribution is 1.27. The molecule has 2 aliphatic carbocycles. The van der Waals surface area contributed by atoms with Crippen LogP contribution in [0.25, 0.3) is 52.9 Å². The first-order valence-electron chi connectivity index (χ1n) is 11.2. The molecule has 0 saturated heterocycles. The van der Waals surface area contributed by atoms with Gasteiger partial charge in [0, 0.05) is 19.2 Å². The quantitative estimate of drug-likeness (QED) is 0.237. The summed E-state index contributed by atoms with van der Waals surface area (Å²) in [5, 5.41) is 8.12. The molecule has 2 aliphatic rings. The number of benzene rings is 3. The van der Waals surface area contributed by atoms with E-state index in [1.54, 1.807) is 0 Å². The average Bonchev–Trinajstić information content (AvgIpc) is 3.56. The third kappa shape index (κ3) is 2.87. The van der Waals surface area contributed by atoms with Crippen molar-refractivity contribution in [2.45, 2.75) is 26.7 Å². The summed E-state index contributed by atoms with van der Waals surface area (Å²) < 4.78 is 2.77. The fourth-order valence-corrected chi connectivity index (χ4v) is 7.32. The van der Waals surface area contributed by atoms with Crippen LogP contribution in [0, 0.1) is 0 Å². The highest BCUT2D eigenvalue weighted by Gasteiger charge is 2.14. The van der Waals surface area contributed by atoms with Crippen molar-refractivity contribution in [3.05, 3.63) is 93.7 Å². The molecule has 0 fully saturated rings. The second-order valence-electron chi connectivity index (χ2n) is 9.27. The second-order valence-corrected chi connectivity index (χ2v) is 11.4. The molecule has 3 aromatic carbocycles. The third-order valence-electron chi connectivity index (χ3n) is 6.82. The van der Waals surface area contributed by atoms with E-state index in [0.717, 1.165) is 12.8 Å². The monoisotopic (exact) mass is 446 g/mol. The van der Waals surface area contributed by atoms with E-state index in [2.05, 4.69) is 86.7 Å². The van der Waals surface area contributed by atoms with Gasteiger partial charge in [-0.15, -0.1) is 22.7 Å². The number of rotatable bonds is 2. The molecule has 0 saturated carbocycles. The molecule has 2 heteroatoms. The first-order chi connectivity index (χ1) is 15.6. The molecule has 0 radical (unpaired) electrons. The number of hydrogen-bond acceptors (Lipinski definition) is 2.